The van der Waals surface area contributed by atoms with Gasteiger partial charge in [0.2, 0.25) is 5.91 Å². The topological polar surface area (TPSA) is 111 Å². The summed E-state index contributed by atoms with van der Waals surface area (Å²) in [5.74, 6) is -0.515. The third-order valence-electron chi connectivity index (χ3n) is 4.31. The highest BCUT2D eigenvalue weighted by Gasteiger charge is 2.39. The molecule has 2 amide bonds. The number of nitriles is 1. The first kappa shape index (κ1) is 18.4. The largest absolute Gasteiger partial charge is 0.483 e. The summed E-state index contributed by atoms with van der Waals surface area (Å²) in [6.07, 6.45) is 0. The lowest BCUT2D eigenvalue weighted by molar-refractivity contribution is -0.134. The maximum Gasteiger partial charge on any atom is 0.290 e. The van der Waals surface area contributed by atoms with E-state index in [-0.39, 0.29) is 30.2 Å². The molecule has 132 valence electrons. The van der Waals surface area contributed by atoms with Crippen LogP contribution in [0.4, 0.5) is 0 Å². The Morgan fingerprint density at radius 3 is 2.72 bits per heavy atom. The number of carboxylic acid groups (broad SMARTS) is 1. The van der Waals surface area contributed by atoms with Crippen LogP contribution < -0.4 is 0 Å². The Labute approximate surface area is 145 Å². The van der Waals surface area contributed by atoms with E-state index in [1.54, 1.807) is 41.1 Å². The monoisotopic (exact) mass is 345 g/mol. The molecule has 0 aromatic heterocycles. The quantitative estimate of drug-likeness (QED) is 0.727. The highest BCUT2D eigenvalue weighted by molar-refractivity contribution is 5.97. The van der Waals surface area contributed by atoms with Crippen molar-refractivity contribution in [1.82, 2.24) is 9.80 Å². The predicted octanol–water partition coefficient (Wildman–Crippen LogP) is 0.188. The van der Waals surface area contributed by atoms with E-state index in [1.165, 1.54) is 0 Å². The van der Waals surface area contributed by atoms with E-state index >= 15 is 0 Å². The number of hydrogen-bond acceptors (Lipinski definition) is 5. The zero-order chi connectivity index (χ0) is 18.4. The van der Waals surface area contributed by atoms with E-state index in [0.717, 1.165) is 0 Å². The Kier molecular flexibility index (Phi) is 6.08. The Bertz CT molecular complexity index is 700. The minimum Gasteiger partial charge on any atom is -0.483 e. The first-order valence-corrected chi connectivity index (χ1v) is 7.74. The molecule has 0 spiro atoms. The van der Waals surface area contributed by atoms with Crippen molar-refractivity contribution in [1.29, 1.82) is 5.26 Å². The molecule has 8 heteroatoms. The summed E-state index contributed by atoms with van der Waals surface area (Å²) in [5.41, 5.74) is 0.749. The van der Waals surface area contributed by atoms with Crippen LogP contribution in [0.15, 0.2) is 24.3 Å². The molecule has 3 rings (SSSR count). The molecule has 2 aliphatic rings. The molecule has 1 aromatic carbocycles. The number of nitrogens with zero attached hydrogens (tertiary/aromatic N) is 3. The van der Waals surface area contributed by atoms with E-state index in [0.29, 0.717) is 37.4 Å². The summed E-state index contributed by atoms with van der Waals surface area (Å²) in [6, 6.07) is 8.67. The lowest BCUT2D eigenvalue weighted by Gasteiger charge is -2.29. The number of ether oxygens (including phenoxy) is 1. The Morgan fingerprint density at radius 2 is 2.04 bits per heavy atom. The molecule has 0 aliphatic carbocycles. The standard InChI is InChI=1S/C16H17N3O3.CH2O2/c1-18-13-8-19(7-12(15(18)20)9-22-10-13)16(21)14-5-3-2-4-11(14)6-17;2-1-3/h2-5,12-13H,7-10H2,1H3;1H,(H,2,3)/t12-,13+;/m1./s1. The Hall–Kier alpha value is -2.92. The molecule has 8 nitrogen and oxygen atoms in total. The number of carbonyl (C=O) groups is 3. The lowest BCUT2D eigenvalue weighted by Crippen LogP contribution is -2.45. The first-order valence-electron chi connectivity index (χ1n) is 7.74. The maximum atomic E-state index is 12.8. The molecular weight excluding hydrogens is 326 g/mol. The van der Waals surface area contributed by atoms with Crippen LogP contribution in [0.3, 0.4) is 0 Å². The summed E-state index contributed by atoms with van der Waals surface area (Å²) < 4.78 is 5.53. The second-order valence-electron chi connectivity index (χ2n) is 5.81. The van der Waals surface area contributed by atoms with Crippen LogP contribution in [0, 0.1) is 17.2 Å². The van der Waals surface area contributed by atoms with Gasteiger partial charge in [0.1, 0.15) is 0 Å². The second-order valence-corrected chi connectivity index (χ2v) is 5.81. The Morgan fingerprint density at radius 1 is 1.36 bits per heavy atom. The lowest BCUT2D eigenvalue weighted by atomic mass is 10.1. The molecule has 2 bridgehead atoms. The molecule has 2 aliphatic heterocycles. The van der Waals surface area contributed by atoms with Crippen LogP contribution in [-0.2, 0) is 14.3 Å². The van der Waals surface area contributed by atoms with Crippen molar-refractivity contribution in [3.63, 3.8) is 0 Å². The van der Waals surface area contributed by atoms with Crippen LogP contribution in [0.25, 0.3) is 0 Å². The molecule has 2 fully saturated rings. The minimum absolute atomic E-state index is 0.0198. The fourth-order valence-corrected chi connectivity index (χ4v) is 3.00. The highest BCUT2D eigenvalue weighted by atomic mass is 16.5. The summed E-state index contributed by atoms with van der Waals surface area (Å²) in [5, 5.41) is 16.1. The highest BCUT2D eigenvalue weighted by Crippen LogP contribution is 2.22. The molecular formula is C17H19N3O5. The number of hydrogen-bond donors (Lipinski definition) is 1. The van der Waals surface area contributed by atoms with Crippen LogP contribution in [-0.4, -0.2) is 72.6 Å². The molecule has 1 N–H and O–H groups in total. The van der Waals surface area contributed by atoms with E-state index < -0.39 is 0 Å². The van der Waals surface area contributed by atoms with Gasteiger partial charge in [0.25, 0.3) is 12.4 Å². The molecule has 2 saturated heterocycles. The third kappa shape index (κ3) is 3.95. The average Bonchev–Trinajstić information content (AvgIpc) is 2.80. The molecule has 2 heterocycles. The van der Waals surface area contributed by atoms with Gasteiger partial charge in [0.05, 0.1) is 42.4 Å². The van der Waals surface area contributed by atoms with Gasteiger partial charge in [-0.05, 0) is 12.1 Å². The van der Waals surface area contributed by atoms with Gasteiger partial charge in [-0.3, -0.25) is 14.4 Å². The van der Waals surface area contributed by atoms with Crippen molar-refractivity contribution in [2.45, 2.75) is 6.04 Å². The number of rotatable bonds is 1. The molecule has 1 aromatic rings. The van der Waals surface area contributed by atoms with Crippen molar-refractivity contribution >= 4 is 18.3 Å². The van der Waals surface area contributed by atoms with E-state index in [2.05, 4.69) is 0 Å². The Balaban J connectivity index is 0.000000701. The number of fused-ring (bicyclic) bond motifs is 3. The maximum absolute atomic E-state index is 12.8. The summed E-state index contributed by atoms with van der Waals surface area (Å²) in [7, 11) is 1.76. The zero-order valence-corrected chi connectivity index (χ0v) is 13.8. The normalized spacial score (nSPS) is 22.2. The third-order valence-corrected chi connectivity index (χ3v) is 4.31. The van der Waals surface area contributed by atoms with Gasteiger partial charge in [-0.25, -0.2) is 0 Å². The van der Waals surface area contributed by atoms with Crippen LogP contribution in [0.2, 0.25) is 0 Å². The van der Waals surface area contributed by atoms with Crippen molar-refractivity contribution < 1.29 is 24.2 Å². The summed E-state index contributed by atoms with van der Waals surface area (Å²) in [4.78, 5) is 36.8. The molecule has 25 heavy (non-hydrogen) atoms. The van der Waals surface area contributed by atoms with Gasteiger partial charge in [-0.2, -0.15) is 5.26 Å². The van der Waals surface area contributed by atoms with Gasteiger partial charge in [-0.1, -0.05) is 12.1 Å². The fraction of sp³-hybridized carbons (Fsp3) is 0.412. The van der Waals surface area contributed by atoms with E-state index in [1.807, 2.05) is 6.07 Å². The number of carbonyl (C=O) groups excluding carboxylic acids is 2. The zero-order valence-electron chi connectivity index (χ0n) is 13.8. The minimum atomic E-state index is -0.337. The smallest absolute Gasteiger partial charge is 0.290 e. The van der Waals surface area contributed by atoms with Crippen LogP contribution >= 0.6 is 0 Å². The van der Waals surface area contributed by atoms with Crippen molar-refractivity contribution in [2.75, 3.05) is 33.4 Å². The average molecular weight is 345 g/mol. The van der Waals surface area contributed by atoms with Gasteiger partial charge in [0, 0.05) is 20.1 Å². The summed E-state index contributed by atoms with van der Waals surface area (Å²) >= 11 is 0. The molecule has 0 unspecified atom stereocenters. The van der Waals surface area contributed by atoms with Crippen molar-refractivity contribution in [3.05, 3.63) is 35.4 Å². The second kappa shape index (κ2) is 8.26. The number of likely N-dealkylation sites (N-methyl/N-ethyl adjacent to an activating group) is 1. The first-order chi connectivity index (χ1) is 12.0. The van der Waals surface area contributed by atoms with Crippen LogP contribution in [0.5, 0.6) is 0 Å². The van der Waals surface area contributed by atoms with Gasteiger partial charge >= 0.3 is 0 Å². The number of benzene rings is 1. The van der Waals surface area contributed by atoms with Crippen LogP contribution in [0.1, 0.15) is 15.9 Å². The SMILES string of the molecule is CN1C(=O)[C@H]2COC[C@@H]1CN(C(=O)c1ccccc1C#N)C2.O=CO. The van der Waals surface area contributed by atoms with Crippen molar-refractivity contribution in [3.8, 4) is 6.07 Å². The van der Waals surface area contributed by atoms with E-state index in [9.17, 15) is 9.59 Å². The molecule has 2 atom stereocenters. The van der Waals surface area contributed by atoms with Gasteiger partial charge in [0.15, 0.2) is 0 Å². The van der Waals surface area contributed by atoms with Crippen molar-refractivity contribution in [2.24, 2.45) is 5.92 Å². The molecule has 0 radical (unpaired) electrons. The van der Waals surface area contributed by atoms with E-state index in [4.69, 9.17) is 19.9 Å². The number of amides is 2. The predicted molar refractivity (Wildman–Crippen MR) is 86.6 cm³/mol. The van der Waals surface area contributed by atoms with Gasteiger partial charge in [-0.15, -0.1) is 0 Å². The summed E-state index contributed by atoms with van der Waals surface area (Å²) in [6.45, 7) is 1.28. The fourth-order valence-electron chi connectivity index (χ4n) is 3.00. The molecule has 0 saturated carbocycles. The van der Waals surface area contributed by atoms with Gasteiger partial charge < -0.3 is 19.6 Å².